The van der Waals surface area contributed by atoms with E-state index in [1.165, 1.54) is 0 Å². The SMILES string of the molecule is CCc1ccc(C(N)c2cccnc2)o1. The van der Waals surface area contributed by atoms with Crippen LogP contribution in [0, 0.1) is 0 Å². The van der Waals surface area contributed by atoms with Gasteiger partial charge in [-0.1, -0.05) is 13.0 Å². The number of aryl methyl sites for hydroxylation is 1. The molecular weight excluding hydrogens is 188 g/mol. The van der Waals surface area contributed by atoms with Gasteiger partial charge in [0.25, 0.3) is 0 Å². The van der Waals surface area contributed by atoms with Gasteiger partial charge in [-0.25, -0.2) is 0 Å². The maximum absolute atomic E-state index is 6.05. The molecule has 2 aromatic heterocycles. The first kappa shape index (κ1) is 9.93. The summed E-state index contributed by atoms with van der Waals surface area (Å²) in [7, 11) is 0. The largest absolute Gasteiger partial charge is 0.464 e. The predicted molar refractivity (Wildman–Crippen MR) is 58.4 cm³/mol. The lowest BCUT2D eigenvalue weighted by Crippen LogP contribution is -2.10. The second kappa shape index (κ2) is 4.28. The fourth-order valence-electron chi connectivity index (χ4n) is 1.48. The van der Waals surface area contributed by atoms with Gasteiger partial charge in [-0.05, 0) is 23.8 Å². The van der Waals surface area contributed by atoms with Crippen LogP contribution in [0.5, 0.6) is 0 Å². The summed E-state index contributed by atoms with van der Waals surface area (Å²) in [6, 6.07) is 7.49. The number of furan rings is 1. The first-order valence-corrected chi connectivity index (χ1v) is 5.05. The van der Waals surface area contributed by atoms with Gasteiger partial charge in [-0.2, -0.15) is 0 Å². The van der Waals surface area contributed by atoms with E-state index >= 15 is 0 Å². The molecule has 2 aromatic rings. The van der Waals surface area contributed by atoms with E-state index in [9.17, 15) is 0 Å². The smallest absolute Gasteiger partial charge is 0.125 e. The molecule has 1 unspecified atom stereocenters. The Morgan fingerprint density at radius 3 is 2.87 bits per heavy atom. The Morgan fingerprint density at radius 1 is 1.40 bits per heavy atom. The van der Waals surface area contributed by atoms with Crippen LogP contribution in [0.4, 0.5) is 0 Å². The molecular formula is C12H14N2O. The highest BCUT2D eigenvalue weighted by atomic mass is 16.3. The number of pyridine rings is 1. The van der Waals surface area contributed by atoms with Crippen molar-refractivity contribution in [3.63, 3.8) is 0 Å². The van der Waals surface area contributed by atoms with Crippen LogP contribution in [0.1, 0.15) is 30.0 Å². The molecule has 0 aliphatic rings. The number of nitrogens with zero attached hydrogens (tertiary/aromatic N) is 1. The van der Waals surface area contributed by atoms with Crippen LogP contribution in [0.25, 0.3) is 0 Å². The van der Waals surface area contributed by atoms with Crippen LogP contribution in [0.15, 0.2) is 41.1 Å². The number of hydrogen-bond donors (Lipinski definition) is 1. The summed E-state index contributed by atoms with van der Waals surface area (Å²) in [4.78, 5) is 4.04. The number of rotatable bonds is 3. The quantitative estimate of drug-likeness (QED) is 0.830. The van der Waals surface area contributed by atoms with Gasteiger partial charge in [0, 0.05) is 18.8 Å². The Labute approximate surface area is 88.9 Å². The Hall–Kier alpha value is -1.61. The van der Waals surface area contributed by atoms with Gasteiger partial charge in [-0.3, -0.25) is 4.98 Å². The van der Waals surface area contributed by atoms with Gasteiger partial charge in [0.1, 0.15) is 11.5 Å². The van der Waals surface area contributed by atoms with Crippen LogP contribution in [0.2, 0.25) is 0 Å². The summed E-state index contributed by atoms with van der Waals surface area (Å²) in [5, 5.41) is 0. The van der Waals surface area contributed by atoms with Crippen molar-refractivity contribution in [3.8, 4) is 0 Å². The van der Waals surface area contributed by atoms with E-state index in [2.05, 4.69) is 11.9 Å². The molecule has 1 atom stereocenters. The van der Waals surface area contributed by atoms with Gasteiger partial charge in [0.2, 0.25) is 0 Å². The van der Waals surface area contributed by atoms with Crippen LogP contribution >= 0.6 is 0 Å². The van der Waals surface area contributed by atoms with Crippen molar-refractivity contribution in [1.29, 1.82) is 0 Å². The highest BCUT2D eigenvalue weighted by Gasteiger charge is 2.12. The predicted octanol–water partition coefficient (Wildman–Crippen LogP) is 2.29. The minimum atomic E-state index is -0.223. The fraction of sp³-hybridized carbons (Fsp3) is 0.250. The van der Waals surface area contributed by atoms with Crippen molar-refractivity contribution in [2.45, 2.75) is 19.4 Å². The summed E-state index contributed by atoms with van der Waals surface area (Å²) in [6.07, 6.45) is 4.38. The lowest BCUT2D eigenvalue weighted by molar-refractivity contribution is 0.453. The molecule has 2 heterocycles. The van der Waals surface area contributed by atoms with E-state index < -0.39 is 0 Å². The van der Waals surface area contributed by atoms with Gasteiger partial charge in [0.05, 0.1) is 6.04 Å². The number of aromatic nitrogens is 1. The number of nitrogens with two attached hydrogens (primary N) is 1. The van der Waals surface area contributed by atoms with E-state index in [-0.39, 0.29) is 6.04 Å². The fourth-order valence-corrected chi connectivity index (χ4v) is 1.48. The molecule has 0 amide bonds. The Balaban J connectivity index is 2.24. The molecule has 0 bridgehead atoms. The molecule has 78 valence electrons. The third-order valence-corrected chi connectivity index (χ3v) is 2.38. The molecule has 3 nitrogen and oxygen atoms in total. The van der Waals surface area contributed by atoms with E-state index in [1.807, 2.05) is 24.3 Å². The third-order valence-electron chi connectivity index (χ3n) is 2.38. The van der Waals surface area contributed by atoms with Crippen molar-refractivity contribution in [3.05, 3.63) is 53.7 Å². The van der Waals surface area contributed by atoms with Crippen LogP contribution < -0.4 is 5.73 Å². The molecule has 0 radical (unpaired) electrons. The van der Waals surface area contributed by atoms with E-state index in [0.717, 1.165) is 23.5 Å². The zero-order valence-corrected chi connectivity index (χ0v) is 8.68. The second-order valence-electron chi connectivity index (χ2n) is 3.42. The average Bonchev–Trinajstić information content (AvgIpc) is 2.78. The molecule has 0 aromatic carbocycles. The van der Waals surface area contributed by atoms with Crippen molar-refractivity contribution in [1.82, 2.24) is 4.98 Å². The molecule has 0 aliphatic carbocycles. The molecule has 0 aliphatic heterocycles. The molecule has 2 rings (SSSR count). The van der Waals surface area contributed by atoms with Crippen LogP contribution in [-0.4, -0.2) is 4.98 Å². The first-order valence-electron chi connectivity index (χ1n) is 5.05. The van der Waals surface area contributed by atoms with Crippen LogP contribution in [0.3, 0.4) is 0 Å². The summed E-state index contributed by atoms with van der Waals surface area (Å²) in [5.41, 5.74) is 7.02. The highest BCUT2D eigenvalue weighted by molar-refractivity contribution is 5.24. The molecule has 3 heteroatoms. The monoisotopic (exact) mass is 202 g/mol. The zero-order valence-electron chi connectivity index (χ0n) is 8.68. The lowest BCUT2D eigenvalue weighted by atomic mass is 10.1. The molecule has 0 spiro atoms. The molecule has 15 heavy (non-hydrogen) atoms. The first-order chi connectivity index (χ1) is 7.31. The van der Waals surface area contributed by atoms with E-state index in [0.29, 0.717) is 0 Å². The van der Waals surface area contributed by atoms with Crippen molar-refractivity contribution >= 4 is 0 Å². The maximum atomic E-state index is 6.05. The second-order valence-corrected chi connectivity index (χ2v) is 3.42. The van der Waals surface area contributed by atoms with Gasteiger partial charge in [0.15, 0.2) is 0 Å². The topological polar surface area (TPSA) is 52.0 Å². The summed E-state index contributed by atoms with van der Waals surface area (Å²) in [6.45, 7) is 2.05. The molecule has 2 N–H and O–H groups in total. The third kappa shape index (κ3) is 2.07. The summed E-state index contributed by atoms with van der Waals surface area (Å²) < 4.78 is 5.60. The normalized spacial score (nSPS) is 12.7. The molecule has 0 saturated heterocycles. The Kier molecular flexibility index (Phi) is 2.83. The van der Waals surface area contributed by atoms with E-state index in [4.69, 9.17) is 10.2 Å². The van der Waals surface area contributed by atoms with Gasteiger partial charge < -0.3 is 10.2 Å². The van der Waals surface area contributed by atoms with Crippen molar-refractivity contribution < 1.29 is 4.42 Å². The minimum Gasteiger partial charge on any atom is -0.464 e. The lowest BCUT2D eigenvalue weighted by Gasteiger charge is -2.07. The van der Waals surface area contributed by atoms with Crippen molar-refractivity contribution in [2.75, 3.05) is 0 Å². The zero-order chi connectivity index (χ0) is 10.7. The summed E-state index contributed by atoms with van der Waals surface area (Å²) in [5.74, 6) is 1.75. The minimum absolute atomic E-state index is 0.223. The summed E-state index contributed by atoms with van der Waals surface area (Å²) >= 11 is 0. The molecule has 0 fully saturated rings. The Morgan fingerprint density at radius 2 is 2.27 bits per heavy atom. The van der Waals surface area contributed by atoms with Gasteiger partial charge in [-0.15, -0.1) is 0 Å². The highest BCUT2D eigenvalue weighted by Crippen LogP contribution is 2.20. The average molecular weight is 202 g/mol. The number of hydrogen-bond acceptors (Lipinski definition) is 3. The van der Waals surface area contributed by atoms with E-state index in [1.54, 1.807) is 12.4 Å². The van der Waals surface area contributed by atoms with Crippen molar-refractivity contribution in [2.24, 2.45) is 5.73 Å². The van der Waals surface area contributed by atoms with Gasteiger partial charge >= 0.3 is 0 Å². The standard InChI is InChI=1S/C12H14N2O/c1-2-10-5-6-11(15-10)12(13)9-4-3-7-14-8-9/h3-8,12H,2,13H2,1H3. The van der Waals surface area contributed by atoms with Crippen LogP contribution in [-0.2, 0) is 6.42 Å². The Bertz CT molecular complexity index is 422. The molecule has 0 saturated carbocycles. The maximum Gasteiger partial charge on any atom is 0.125 e.